The fraction of sp³-hybridized carbons (Fsp3) is 0.423. The number of halogens is 5. The molecule has 0 fully saturated rings. The number of hydrogen-bond acceptors (Lipinski definition) is 5. The topological polar surface area (TPSA) is 116 Å². The quantitative estimate of drug-likeness (QED) is 0.237. The molecule has 1 atom stereocenters. The number of rotatable bonds is 9. The minimum absolute atomic E-state index is 0.272. The van der Waals surface area contributed by atoms with Crippen molar-refractivity contribution in [3.05, 3.63) is 63.4 Å². The molecule has 0 saturated carbocycles. The standard InChI is InChI=1S/C22H23ClF4N2O.C4H6O4/c1-13(22(25,26)27)10-20(30)17-4-2-14(11-19(17)24)12-29-21-16-7-9-28-8-6-15(16)3-5-18(21)23;5-3(6)1-2-4(7)8/h2-5,11,13,28-29H,6-10,12H2,1H3;1-2H2,(H,5,6)(H,7,8)/t13-;/m0./s1. The van der Waals surface area contributed by atoms with Gasteiger partial charge in [0.05, 0.1) is 35.0 Å². The van der Waals surface area contributed by atoms with Gasteiger partial charge >= 0.3 is 18.1 Å². The van der Waals surface area contributed by atoms with Gasteiger partial charge < -0.3 is 20.8 Å². The summed E-state index contributed by atoms with van der Waals surface area (Å²) in [7, 11) is 0. The molecule has 1 aliphatic heterocycles. The molecule has 0 saturated heterocycles. The zero-order valence-electron chi connectivity index (χ0n) is 20.6. The molecule has 0 amide bonds. The van der Waals surface area contributed by atoms with Crippen LogP contribution in [0.3, 0.4) is 0 Å². The lowest BCUT2D eigenvalue weighted by molar-refractivity contribution is -0.168. The average Bonchev–Trinajstić information content (AvgIpc) is 3.07. The summed E-state index contributed by atoms with van der Waals surface area (Å²) >= 11 is 6.37. The summed E-state index contributed by atoms with van der Waals surface area (Å²) in [5.74, 6) is -5.66. The second-order valence-electron chi connectivity index (χ2n) is 8.84. The summed E-state index contributed by atoms with van der Waals surface area (Å²) in [5, 5.41) is 23.0. The van der Waals surface area contributed by atoms with Crippen LogP contribution in [0.15, 0.2) is 30.3 Å². The maximum atomic E-state index is 14.4. The Hall–Kier alpha value is -3.18. The van der Waals surface area contributed by atoms with E-state index in [1.54, 1.807) is 6.07 Å². The molecule has 0 bridgehead atoms. The number of fused-ring (bicyclic) bond motifs is 1. The zero-order valence-corrected chi connectivity index (χ0v) is 21.4. The van der Waals surface area contributed by atoms with Crippen molar-refractivity contribution < 1.29 is 42.2 Å². The van der Waals surface area contributed by atoms with Crippen molar-refractivity contribution in [2.75, 3.05) is 18.4 Å². The molecule has 208 valence electrons. The lowest BCUT2D eigenvalue weighted by Gasteiger charge is -2.17. The number of Topliss-reactive ketones (excluding diaryl/α,β-unsaturated/α-hetero) is 1. The maximum absolute atomic E-state index is 14.4. The van der Waals surface area contributed by atoms with Crippen LogP contribution < -0.4 is 10.6 Å². The van der Waals surface area contributed by atoms with Gasteiger partial charge in [0, 0.05) is 13.0 Å². The van der Waals surface area contributed by atoms with Crippen LogP contribution in [-0.4, -0.2) is 47.2 Å². The van der Waals surface area contributed by atoms with Crippen LogP contribution >= 0.6 is 11.6 Å². The Morgan fingerprint density at radius 3 is 2.26 bits per heavy atom. The summed E-state index contributed by atoms with van der Waals surface area (Å²) in [6.07, 6.45) is -4.15. The molecule has 3 rings (SSSR count). The molecule has 0 aliphatic carbocycles. The third kappa shape index (κ3) is 9.60. The first-order valence-corrected chi connectivity index (χ1v) is 12.2. The van der Waals surface area contributed by atoms with Crippen molar-refractivity contribution in [2.45, 2.75) is 51.7 Å². The van der Waals surface area contributed by atoms with E-state index in [-0.39, 0.29) is 24.9 Å². The fourth-order valence-corrected chi connectivity index (χ4v) is 3.98. The molecule has 0 aromatic heterocycles. The number of alkyl halides is 3. The molecule has 1 heterocycles. The van der Waals surface area contributed by atoms with Gasteiger partial charge in [-0.05, 0) is 60.8 Å². The molecule has 2 aromatic carbocycles. The smallest absolute Gasteiger partial charge is 0.391 e. The summed E-state index contributed by atoms with van der Waals surface area (Å²) in [6, 6.07) is 7.80. The Labute approximate surface area is 222 Å². The van der Waals surface area contributed by atoms with E-state index in [0.29, 0.717) is 10.6 Å². The first-order valence-electron chi connectivity index (χ1n) is 11.9. The summed E-state index contributed by atoms with van der Waals surface area (Å²) in [5.41, 5.74) is 3.37. The van der Waals surface area contributed by atoms with E-state index in [0.717, 1.165) is 44.1 Å². The number of carbonyl (C=O) groups excluding carboxylic acids is 1. The second kappa shape index (κ2) is 14.1. The van der Waals surface area contributed by atoms with Gasteiger partial charge in [-0.15, -0.1) is 0 Å². The van der Waals surface area contributed by atoms with Crippen LogP contribution in [0.1, 0.15) is 53.2 Å². The molecule has 12 heteroatoms. The van der Waals surface area contributed by atoms with Crippen LogP contribution in [0.5, 0.6) is 0 Å². The number of nitrogens with one attached hydrogen (secondary N) is 2. The average molecular weight is 561 g/mol. The minimum Gasteiger partial charge on any atom is -0.481 e. The van der Waals surface area contributed by atoms with E-state index >= 15 is 0 Å². The van der Waals surface area contributed by atoms with Crippen molar-refractivity contribution in [2.24, 2.45) is 5.92 Å². The summed E-state index contributed by atoms with van der Waals surface area (Å²) in [6.45, 7) is 2.91. The summed E-state index contributed by atoms with van der Waals surface area (Å²) in [4.78, 5) is 31.4. The van der Waals surface area contributed by atoms with E-state index in [1.165, 1.54) is 17.7 Å². The molecule has 4 N–H and O–H groups in total. The highest BCUT2D eigenvalue weighted by Gasteiger charge is 2.37. The third-order valence-electron chi connectivity index (χ3n) is 5.89. The van der Waals surface area contributed by atoms with Gasteiger partial charge in [0.15, 0.2) is 5.78 Å². The molecular weight excluding hydrogens is 532 g/mol. The highest BCUT2D eigenvalue weighted by molar-refractivity contribution is 6.33. The van der Waals surface area contributed by atoms with Gasteiger partial charge in [-0.1, -0.05) is 30.7 Å². The van der Waals surface area contributed by atoms with Crippen molar-refractivity contribution in [1.29, 1.82) is 0 Å². The Balaban J connectivity index is 0.000000550. The highest BCUT2D eigenvalue weighted by atomic mass is 35.5. The van der Waals surface area contributed by atoms with Crippen LogP contribution in [-0.2, 0) is 29.0 Å². The lowest BCUT2D eigenvalue weighted by atomic mass is 9.98. The number of anilines is 1. The lowest BCUT2D eigenvalue weighted by Crippen LogP contribution is -2.23. The van der Waals surface area contributed by atoms with Gasteiger partial charge in [-0.25, -0.2) is 4.39 Å². The van der Waals surface area contributed by atoms with Crippen LogP contribution in [0.4, 0.5) is 23.2 Å². The summed E-state index contributed by atoms with van der Waals surface area (Å²) < 4.78 is 52.4. The largest absolute Gasteiger partial charge is 0.481 e. The number of aliphatic carboxylic acids is 2. The van der Waals surface area contributed by atoms with Crippen molar-refractivity contribution >= 4 is 35.0 Å². The number of carbonyl (C=O) groups is 3. The van der Waals surface area contributed by atoms with E-state index in [9.17, 15) is 31.9 Å². The third-order valence-corrected chi connectivity index (χ3v) is 6.20. The van der Waals surface area contributed by atoms with Crippen molar-refractivity contribution in [1.82, 2.24) is 5.32 Å². The van der Waals surface area contributed by atoms with Crippen molar-refractivity contribution in [3.63, 3.8) is 0 Å². The number of ketones is 1. The molecule has 0 radical (unpaired) electrons. The monoisotopic (exact) mass is 560 g/mol. The number of benzene rings is 2. The zero-order chi connectivity index (χ0) is 28.5. The molecule has 0 unspecified atom stereocenters. The fourth-order valence-electron chi connectivity index (χ4n) is 3.74. The number of carboxylic acids is 2. The normalized spacial score (nSPS) is 13.8. The van der Waals surface area contributed by atoms with E-state index in [1.807, 2.05) is 12.1 Å². The molecular formula is C26H29ClF4N2O5. The molecule has 0 spiro atoms. The maximum Gasteiger partial charge on any atom is 0.391 e. The molecule has 1 aliphatic rings. The van der Waals surface area contributed by atoms with Crippen LogP contribution in [0.2, 0.25) is 5.02 Å². The Kier molecular flexibility index (Phi) is 11.5. The predicted octanol–water partition coefficient (Wildman–Crippen LogP) is 5.49. The number of hydrogen-bond donors (Lipinski definition) is 4. The Morgan fingerprint density at radius 2 is 1.68 bits per heavy atom. The van der Waals surface area contributed by atoms with Gasteiger partial charge in [0.1, 0.15) is 5.82 Å². The Bertz CT molecular complexity index is 1140. The van der Waals surface area contributed by atoms with E-state index < -0.39 is 42.1 Å². The van der Waals surface area contributed by atoms with Crippen LogP contribution in [0.25, 0.3) is 0 Å². The van der Waals surface area contributed by atoms with E-state index in [4.69, 9.17) is 21.8 Å². The molecule has 38 heavy (non-hydrogen) atoms. The predicted molar refractivity (Wildman–Crippen MR) is 134 cm³/mol. The van der Waals surface area contributed by atoms with Gasteiger partial charge in [0.25, 0.3) is 0 Å². The van der Waals surface area contributed by atoms with Gasteiger partial charge in [-0.2, -0.15) is 13.2 Å². The van der Waals surface area contributed by atoms with Gasteiger partial charge in [-0.3, -0.25) is 14.4 Å². The molecule has 7 nitrogen and oxygen atoms in total. The van der Waals surface area contributed by atoms with Gasteiger partial charge in [0.2, 0.25) is 0 Å². The van der Waals surface area contributed by atoms with E-state index in [2.05, 4.69) is 10.6 Å². The SMILES string of the molecule is C[C@@H](CC(=O)c1ccc(CNc2c(Cl)ccc3c2CCNCC3)cc1F)C(F)(F)F.O=C(O)CCC(=O)O. The second-order valence-corrected chi connectivity index (χ2v) is 9.24. The van der Waals surface area contributed by atoms with Crippen LogP contribution in [0, 0.1) is 11.7 Å². The molecule has 2 aromatic rings. The number of carboxylic acid groups (broad SMARTS) is 2. The highest BCUT2D eigenvalue weighted by Crippen LogP contribution is 2.32. The van der Waals surface area contributed by atoms with Crippen molar-refractivity contribution in [3.8, 4) is 0 Å². The first-order chi connectivity index (χ1) is 17.8. The minimum atomic E-state index is -4.49. The Morgan fingerprint density at radius 1 is 1.05 bits per heavy atom. The first kappa shape index (κ1) is 31.0.